The Bertz CT molecular complexity index is 483. The lowest BCUT2D eigenvalue weighted by molar-refractivity contribution is -0.134. The molecule has 2 aliphatic rings. The number of ether oxygens (including phenoxy) is 1. The van der Waals surface area contributed by atoms with Gasteiger partial charge in [-0.1, -0.05) is 13.8 Å². The highest BCUT2D eigenvalue weighted by atomic mass is 16.6. The SMILES string of the molecule is CC(C)[C@H](NC(=O)OC(C)(C)C)C(=O)N1CC2CC2(C=O)C1. The zero-order valence-corrected chi connectivity index (χ0v) is 14.0. The van der Waals surface area contributed by atoms with Gasteiger partial charge >= 0.3 is 6.09 Å². The Labute approximate surface area is 131 Å². The van der Waals surface area contributed by atoms with Crippen LogP contribution in [0.15, 0.2) is 0 Å². The van der Waals surface area contributed by atoms with Gasteiger partial charge in [-0.15, -0.1) is 0 Å². The zero-order chi connectivity index (χ0) is 16.7. The fourth-order valence-corrected chi connectivity index (χ4v) is 3.02. The molecule has 1 N–H and O–H groups in total. The molecule has 1 saturated heterocycles. The quantitative estimate of drug-likeness (QED) is 0.800. The predicted molar refractivity (Wildman–Crippen MR) is 81.2 cm³/mol. The van der Waals surface area contributed by atoms with Gasteiger partial charge in [0.15, 0.2) is 0 Å². The van der Waals surface area contributed by atoms with E-state index >= 15 is 0 Å². The number of amides is 2. The second-order valence-corrected chi connectivity index (χ2v) is 7.84. The van der Waals surface area contributed by atoms with E-state index in [0.717, 1.165) is 12.7 Å². The molecule has 0 radical (unpaired) electrons. The first-order chi connectivity index (χ1) is 10.1. The summed E-state index contributed by atoms with van der Waals surface area (Å²) in [4.78, 5) is 37.4. The summed E-state index contributed by atoms with van der Waals surface area (Å²) in [6, 6.07) is -0.629. The zero-order valence-electron chi connectivity index (χ0n) is 14.0. The van der Waals surface area contributed by atoms with Gasteiger partial charge in [0.25, 0.3) is 0 Å². The molecular formula is C16H26N2O4. The number of hydrogen-bond donors (Lipinski definition) is 1. The molecule has 0 aromatic rings. The standard InChI is InChI=1S/C16H26N2O4/c1-10(2)12(17-14(21)22-15(3,4)5)13(20)18-7-11-6-16(11,8-18)9-19/h9-12H,6-8H2,1-5H3,(H,17,21)/t11?,12-,16?/m0/s1. The topological polar surface area (TPSA) is 75.7 Å². The number of aldehydes is 1. The summed E-state index contributed by atoms with van der Waals surface area (Å²) in [5, 5.41) is 2.67. The fourth-order valence-electron chi connectivity index (χ4n) is 3.02. The molecule has 1 saturated carbocycles. The number of carbonyl (C=O) groups excluding carboxylic acids is 3. The molecule has 0 bridgehead atoms. The Morgan fingerprint density at radius 1 is 1.36 bits per heavy atom. The minimum atomic E-state index is -0.629. The molecule has 2 amide bonds. The van der Waals surface area contributed by atoms with E-state index in [2.05, 4.69) is 5.32 Å². The molecule has 1 heterocycles. The van der Waals surface area contributed by atoms with Gasteiger partial charge in [0.1, 0.15) is 17.9 Å². The molecule has 22 heavy (non-hydrogen) atoms. The Kier molecular flexibility index (Phi) is 4.24. The number of nitrogens with zero attached hydrogens (tertiary/aromatic N) is 1. The van der Waals surface area contributed by atoms with Gasteiger partial charge in [-0.2, -0.15) is 0 Å². The molecular weight excluding hydrogens is 284 g/mol. The minimum absolute atomic E-state index is 0.0517. The number of piperidine rings is 1. The maximum atomic E-state index is 12.7. The van der Waals surface area contributed by atoms with Crippen molar-refractivity contribution in [2.45, 2.75) is 52.7 Å². The number of fused-ring (bicyclic) bond motifs is 1. The van der Waals surface area contributed by atoms with Crippen LogP contribution in [0.3, 0.4) is 0 Å². The molecule has 1 aliphatic heterocycles. The van der Waals surface area contributed by atoms with Crippen molar-refractivity contribution in [3.63, 3.8) is 0 Å². The van der Waals surface area contributed by atoms with Gasteiger partial charge in [-0.05, 0) is 39.0 Å². The van der Waals surface area contributed by atoms with Crippen LogP contribution in [-0.2, 0) is 14.3 Å². The van der Waals surface area contributed by atoms with E-state index in [1.165, 1.54) is 0 Å². The molecule has 0 aromatic heterocycles. The van der Waals surface area contributed by atoms with Gasteiger partial charge < -0.3 is 19.7 Å². The van der Waals surface area contributed by atoms with Crippen molar-refractivity contribution in [1.82, 2.24) is 10.2 Å². The van der Waals surface area contributed by atoms with Crippen molar-refractivity contribution in [3.05, 3.63) is 0 Å². The van der Waals surface area contributed by atoms with Gasteiger partial charge in [0.2, 0.25) is 5.91 Å². The lowest BCUT2D eigenvalue weighted by Crippen LogP contribution is -2.52. The Morgan fingerprint density at radius 3 is 2.45 bits per heavy atom. The summed E-state index contributed by atoms with van der Waals surface area (Å²) in [7, 11) is 0. The normalized spacial score (nSPS) is 28.1. The molecule has 6 nitrogen and oxygen atoms in total. The minimum Gasteiger partial charge on any atom is -0.444 e. The van der Waals surface area contributed by atoms with Gasteiger partial charge in [0, 0.05) is 18.5 Å². The molecule has 2 rings (SSSR count). The van der Waals surface area contributed by atoms with Gasteiger partial charge in [0.05, 0.1) is 0 Å². The average Bonchev–Trinajstić information content (AvgIpc) is 2.95. The molecule has 1 aliphatic carbocycles. The molecule has 0 spiro atoms. The Morgan fingerprint density at radius 2 is 2.00 bits per heavy atom. The third-order valence-corrected chi connectivity index (χ3v) is 4.36. The third-order valence-electron chi connectivity index (χ3n) is 4.36. The number of likely N-dealkylation sites (tertiary alicyclic amines) is 1. The van der Waals surface area contributed by atoms with E-state index in [9.17, 15) is 14.4 Å². The van der Waals surface area contributed by atoms with Crippen LogP contribution < -0.4 is 5.32 Å². The highest BCUT2D eigenvalue weighted by Gasteiger charge is 2.61. The van der Waals surface area contributed by atoms with Crippen molar-refractivity contribution in [2.75, 3.05) is 13.1 Å². The van der Waals surface area contributed by atoms with Crippen LogP contribution in [0.2, 0.25) is 0 Å². The van der Waals surface area contributed by atoms with Crippen LogP contribution in [0, 0.1) is 17.3 Å². The lowest BCUT2D eigenvalue weighted by atomic mass is 10.0. The summed E-state index contributed by atoms with van der Waals surface area (Å²) in [5.74, 6) is 0.113. The maximum absolute atomic E-state index is 12.7. The Hall–Kier alpha value is -1.59. The highest BCUT2D eigenvalue weighted by molar-refractivity contribution is 5.87. The van der Waals surface area contributed by atoms with E-state index in [1.807, 2.05) is 13.8 Å². The monoisotopic (exact) mass is 310 g/mol. The van der Waals surface area contributed by atoms with Crippen molar-refractivity contribution < 1.29 is 19.1 Å². The van der Waals surface area contributed by atoms with E-state index in [-0.39, 0.29) is 17.2 Å². The van der Waals surface area contributed by atoms with Crippen molar-refractivity contribution in [2.24, 2.45) is 17.3 Å². The average molecular weight is 310 g/mol. The number of carbonyl (C=O) groups is 3. The predicted octanol–water partition coefficient (Wildman–Crippen LogP) is 1.58. The van der Waals surface area contributed by atoms with Crippen LogP contribution in [-0.4, -0.2) is 47.9 Å². The first-order valence-corrected chi connectivity index (χ1v) is 7.82. The summed E-state index contributed by atoms with van der Waals surface area (Å²) in [6.07, 6.45) is 1.27. The lowest BCUT2D eigenvalue weighted by Gasteiger charge is -2.29. The van der Waals surface area contributed by atoms with E-state index in [4.69, 9.17) is 4.74 Å². The van der Waals surface area contributed by atoms with Gasteiger partial charge in [-0.3, -0.25) is 4.79 Å². The second kappa shape index (κ2) is 5.56. The summed E-state index contributed by atoms with van der Waals surface area (Å²) in [6.45, 7) is 10.2. The molecule has 2 unspecified atom stereocenters. The summed E-state index contributed by atoms with van der Waals surface area (Å²) >= 11 is 0. The van der Waals surface area contributed by atoms with Crippen molar-refractivity contribution in [1.29, 1.82) is 0 Å². The third kappa shape index (κ3) is 3.42. The number of nitrogens with one attached hydrogen (secondary N) is 1. The van der Waals surface area contributed by atoms with Crippen LogP contribution in [0.5, 0.6) is 0 Å². The first-order valence-electron chi connectivity index (χ1n) is 7.82. The molecule has 6 heteroatoms. The smallest absolute Gasteiger partial charge is 0.408 e. The van der Waals surface area contributed by atoms with E-state index < -0.39 is 17.7 Å². The highest BCUT2D eigenvalue weighted by Crippen LogP contribution is 2.56. The maximum Gasteiger partial charge on any atom is 0.408 e. The van der Waals surface area contributed by atoms with Crippen LogP contribution in [0.4, 0.5) is 4.79 Å². The first kappa shape index (κ1) is 16.8. The summed E-state index contributed by atoms with van der Waals surface area (Å²) < 4.78 is 5.23. The Balaban J connectivity index is 1.98. The van der Waals surface area contributed by atoms with E-state index in [1.54, 1.807) is 25.7 Å². The summed E-state index contributed by atoms with van der Waals surface area (Å²) in [5.41, 5.74) is -0.922. The van der Waals surface area contributed by atoms with Crippen LogP contribution >= 0.6 is 0 Å². The molecule has 2 fully saturated rings. The van der Waals surface area contributed by atoms with Crippen molar-refractivity contribution in [3.8, 4) is 0 Å². The molecule has 3 atom stereocenters. The largest absolute Gasteiger partial charge is 0.444 e. The second-order valence-electron chi connectivity index (χ2n) is 7.84. The van der Waals surface area contributed by atoms with Crippen LogP contribution in [0.1, 0.15) is 41.0 Å². The number of hydrogen-bond acceptors (Lipinski definition) is 4. The number of rotatable bonds is 4. The van der Waals surface area contributed by atoms with Crippen LogP contribution in [0.25, 0.3) is 0 Å². The number of alkyl carbamates (subject to hydrolysis) is 1. The molecule has 124 valence electrons. The fraction of sp³-hybridized carbons (Fsp3) is 0.812. The van der Waals surface area contributed by atoms with Crippen molar-refractivity contribution >= 4 is 18.3 Å². The van der Waals surface area contributed by atoms with Gasteiger partial charge in [-0.25, -0.2) is 4.79 Å². The molecule has 0 aromatic carbocycles. The van der Waals surface area contributed by atoms with E-state index in [0.29, 0.717) is 19.0 Å².